The lowest BCUT2D eigenvalue weighted by atomic mass is 9.92. The van der Waals surface area contributed by atoms with E-state index in [1.54, 1.807) is 0 Å². The molecule has 0 aromatic heterocycles. The smallest absolute Gasteiger partial charge is 0.0119 e. The van der Waals surface area contributed by atoms with Crippen molar-refractivity contribution >= 4 is 0 Å². The van der Waals surface area contributed by atoms with Crippen molar-refractivity contribution in [1.29, 1.82) is 0 Å². The van der Waals surface area contributed by atoms with E-state index in [-0.39, 0.29) is 0 Å². The molecular formula is C21H44N2. The molecule has 1 aliphatic rings. The number of unbranched alkanes of at least 4 members (excludes halogenated alkanes) is 2. The summed E-state index contributed by atoms with van der Waals surface area (Å²) < 4.78 is 0. The number of rotatable bonds is 12. The largest absolute Gasteiger partial charge is 0.298 e. The fourth-order valence-electron chi connectivity index (χ4n) is 4.46. The Hall–Kier alpha value is -0.0800. The lowest BCUT2D eigenvalue weighted by Crippen LogP contribution is -2.54. The molecule has 1 fully saturated rings. The standard InChI is InChI=1S/C21H44N2/c1-6-10-13-19(5)21(9-4)23-17-15-22(16-18-23)20(12-8-3)14-11-7-2/h19-21H,6-18H2,1-5H3. The van der Waals surface area contributed by atoms with Gasteiger partial charge in [-0.25, -0.2) is 0 Å². The van der Waals surface area contributed by atoms with Gasteiger partial charge < -0.3 is 0 Å². The van der Waals surface area contributed by atoms with Crippen molar-refractivity contribution in [1.82, 2.24) is 9.80 Å². The highest BCUT2D eigenvalue weighted by atomic mass is 15.3. The topological polar surface area (TPSA) is 6.48 Å². The molecule has 1 rings (SSSR count). The maximum atomic E-state index is 2.81. The van der Waals surface area contributed by atoms with E-state index in [4.69, 9.17) is 0 Å². The van der Waals surface area contributed by atoms with Gasteiger partial charge in [-0.15, -0.1) is 0 Å². The summed E-state index contributed by atoms with van der Waals surface area (Å²) in [6, 6.07) is 1.66. The van der Waals surface area contributed by atoms with Crippen LogP contribution < -0.4 is 0 Å². The molecule has 0 aliphatic carbocycles. The van der Waals surface area contributed by atoms with E-state index in [1.807, 2.05) is 0 Å². The van der Waals surface area contributed by atoms with E-state index in [1.165, 1.54) is 84.0 Å². The van der Waals surface area contributed by atoms with E-state index < -0.39 is 0 Å². The fourth-order valence-corrected chi connectivity index (χ4v) is 4.46. The third kappa shape index (κ3) is 7.13. The highest BCUT2D eigenvalue weighted by molar-refractivity contribution is 4.84. The van der Waals surface area contributed by atoms with Gasteiger partial charge in [-0.2, -0.15) is 0 Å². The highest BCUT2D eigenvalue weighted by Gasteiger charge is 2.28. The lowest BCUT2D eigenvalue weighted by molar-refractivity contribution is 0.0430. The zero-order valence-electron chi connectivity index (χ0n) is 16.8. The Morgan fingerprint density at radius 3 is 1.78 bits per heavy atom. The first-order valence-electron chi connectivity index (χ1n) is 10.7. The molecule has 2 heteroatoms. The van der Waals surface area contributed by atoms with Crippen LogP contribution in [0.15, 0.2) is 0 Å². The molecule has 23 heavy (non-hydrogen) atoms. The Labute approximate surface area is 147 Å². The minimum atomic E-state index is 0.809. The molecule has 2 nitrogen and oxygen atoms in total. The molecule has 0 aromatic rings. The van der Waals surface area contributed by atoms with Crippen molar-refractivity contribution in [2.45, 2.75) is 104 Å². The van der Waals surface area contributed by atoms with Crippen LogP contribution in [0.3, 0.4) is 0 Å². The normalized spacial score (nSPS) is 21.3. The number of piperazine rings is 1. The van der Waals surface area contributed by atoms with Crippen LogP contribution in [0.1, 0.15) is 92.4 Å². The number of hydrogen-bond acceptors (Lipinski definition) is 2. The average Bonchev–Trinajstić information content (AvgIpc) is 2.58. The van der Waals surface area contributed by atoms with Crippen LogP contribution in [0.4, 0.5) is 0 Å². The molecule has 3 unspecified atom stereocenters. The summed E-state index contributed by atoms with van der Waals surface area (Å²) in [6.45, 7) is 17.0. The average molecular weight is 325 g/mol. The summed E-state index contributed by atoms with van der Waals surface area (Å²) >= 11 is 0. The molecule has 0 spiro atoms. The molecule has 138 valence electrons. The van der Waals surface area contributed by atoms with Crippen molar-refractivity contribution < 1.29 is 0 Å². The van der Waals surface area contributed by atoms with E-state index in [2.05, 4.69) is 44.4 Å². The molecule has 0 aromatic carbocycles. The minimum Gasteiger partial charge on any atom is -0.298 e. The predicted molar refractivity (Wildman–Crippen MR) is 104 cm³/mol. The van der Waals surface area contributed by atoms with Crippen LogP contribution in [-0.4, -0.2) is 48.1 Å². The van der Waals surface area contributed by atoms with Crippen molar-refractivity contribution in [3.63, 3.8) is 0 Å². The lowest BCUT2D eigenvalue weighted by Gasteiger charge is -2.44. The molecule has 0 bridgehead atoms. The van der Waals surface area contributed by atoms with Gasteiger partial charge in [0.15, 0.2) is 0 Å². The second kappa shape index (κ2) is 12.3. The van der Waals surface area contributed by atoms with Crippen LogP contribution >= 0.6 is 0 Å². The van der Waals surface area contributed by atoms with Gasteiger partial charge in [0, 0.05) is 38.3 Å². The van der Waals surface area contributed by atoms with E-state index in [9.17, 15) is 0 Å². The molecule has 3 atom stereocenters. The van der Waals surface area contributed by atoms with Gasteiger partial charge in [-0.3, -0.25) is 9.80 Å². The zero-order chi connectivity index (χ0) is 17.1. The molecule has 1 heterocycles. The van der Waals surface area contributed by atoms with Gasteiger partial charge in [-0.1, -0.05) is 66.7 Å². The van der Waals surface area contributed by atoms with E-state index in [0.29, 0.717) is 0 Å². The van der Waals surface area contributed by atoms with Gasteiger partial charge in [-0.05, 0) is 31.6 Å². The second-order valence-corrected chi connectivity index (χ2v) is 7.75. The van der Waals surface area contributed by atoms with Crippen molar-refractivity contribution in [2.75, 3.05) is 26.2 Å². The monoisotopic (exact) mass is 324 g/mol. The third-order valence-corrected chi connectivity index (χ3v) is 5.94. The Kier molecular flexibility index (Phi) is 11.2. The van der Waals surface area contributed by atoms with Crippen LogP contribution in [0.2, 0.25) is 0 Å². The van der Waals surface area contributed by atoms with Crippen molar-refractivity contribution in [2.24, 2.45) is 5.92 Å². The molecule has 1 saturated heterocycles. The first-order chi connectivity index (χ1) is 11.2. The summed E-state index contributed by atoms with van der Waals surface area (Å²) in [5, 5.41) is 0. The van der Waals surface area contributed by atoms with Crippen LogP contribution in [0.25, 0.3) is 0 Å². The summed E-state index contributed by atoms with van der Waals surface area (Å²) in [6.07, 6.45) is 12.3. The summed E-state index contributed by atoms with van der Waals surface area (Å²) in [5.41, 5.74) is 0. The summed E-state index contributed by atoms with van der Waals surface area (Å²) in [5.74, 6) is 0.859. The first kappa shape index (κ1) is 21.0. The molecule has 0 amide bonds. The SMILES string of the molecule is CCCCC(C)C(CC)N1CCN(C(CCC)CCCC)CC1. The highest BCUT2D eigenvalue weighted by Crippen LogP contribution is 2.23. The van der Waals surface area contributed by atoms with Gasteiger partial charge >= 0.3 is 0 Å². The molecular weight excluding hydrogens is 280 g/mol. The van der Waals surface area contributed by atoms with Gasteiger partial charge in [0.25, 0.3) is 0 Å². The fraction of sp³-hybridized carbons (Fsp3) is 1.00. The van der Waals surface area contributed by atoms with Crippen LogP contribution in [0.5, 0.6) is 0 Å². The van der Waals surface area contributed by atoms with E-state index >= 15 is 0 Å². The summed E-state index contributed by atoms with van der Waals surface area (Å²) in [4.78, 5) is 5.61. The van der Waals surface area contributed by atoms with Crippen LogP contribution in [0, 0.1) is 5.92 Å². The second-order valence-electron chi connectivity index (χ2n) is 7.75. The number of nitrogens with zero attached hydrogens (tertiary/aromatic N) is 2. The van der Waals surface area contributed by atoms with E-state index in [0.717, 1.165) is 18.0 Å². The van der Waals surface area contributed by atoms with Gasteiger partial charge in [0.1, 0.15) is 0 Å². The maximum absolute atomic E-state index is 2.81. The molecule has 1 aliphatic heterocycles. The summed E-state index contributed by atoms with van der Waals surface area (Å²) in [7, 11) is 0. The molecule has 0 saturated carbocycles. The van der Waals surface area contributed by atoms with Gasteiger partial charge in [0.05, 0.1) is 0 Å². The molecule has 0 radical (unpaired) electrons. The Bertz CT molecular complexity index is 271. The van der Waals surface area contributed by atoms with Gasteiger partial charge in [0.2, 0.25) is 0 Å². The Morgan fingerprint density at radius 1 is 0.696 bits per heavy atom. The molecule has 0 N–H and O–H groups in total. The third-order valence-electron chi connectivity index (χ3n) is 5.94. The van der Waals surface area contributed by atoms with Crippen molar-refractivity contribution in [3.8, 4) is 0 Å². The predicted octanol–water partition coefficient (Wildman–Crippen LogP) is 5.57. The zero-order valence-corrected chi connectivity index (χ0v) is 16.8. The first-order valence-corrected chi connectivity index (χ1v) is 10.7. The Morgan fingerprint density at radius 2 is 1.26 bits per heavy atom. The maximum Gasteiger partial charge on any atom is 0.0119 e. The minimum absolute atomic E-state index is 0.809. The number of hydrogen-bond donors (Lipinski definition) is 0. The van der Waals surface area contributed by atoms with Crippen molar-refractivity contribution in [3.05, 3.63) is 0 Å². The quantitative estimate of drug-likeness (QED) is 0.463. The van der Waals surface area contributed by atoms with Crippen LogP contribution in [-0.2, 0) is 0 Å². The Balaban J connectivity index is 2.47.